The fourth-order valence-electron chi connectivity index (χ4n) is 1.40. The molecule has 1 aliphatic rings. The summed E-state index contributed by atoms with van der Waals surface area (Å²) in [6.07, 6.45) is 2.45. The maximum Gasteiger partial charge on any atom is 0.157 e. The number of hydrogen-bond acceptors (Lipinski definition) is 4. The van der Waals surface area contributed by atoms with Crippen molar-refractivity contribution in [2.24, 2.45) is 4.99 Å². The fourth-order valence-corrected chi connectivity index (χ4v) is 3.26. The van der Waals surface area contributed by atoms with Gasteiger partial charge in [-0.25, -0.2) is 0 Å². The van der Waals surface area contributed by atoms with E-state index in [0.717, 1.165) is 11.7 Å². The third-order valence-corrected chi connectivity index (χ3v) is 4.66. The van der Waals surface area contributed by atoms with Gasteiger partial charge in [0.15, 0.2) is 5.17 Å². The van der Waals surface area contributed by atoms with Crippen molar-refractivity contribution < 1.29 is 0 Å². The van der Waals surface area contributed by atoms with Gasteiger partial charge in [-0.2, -0.15) is 11.8 Å². The van der Waals surface area contributed by atoms with Crippen molar-refractivity contribution in [3.05, 3.63) is 0 Å². The molecule has 0 radical (unpaired) electrons. The normalized spacial score (nSPS) is 22.6. The highest BCUT2D eigenvalue weighted by Gasteiger charge is 2.18. The maximum absolute atomic E-state index is 4.52. The largest absolute Gasteiger partial charge is 0.362 e. The molecule has 0 saturated heterocycles. The Balaban J connectivity index is 2.13. The highest BCUT2D eigenvalue weighted by Crippen LogP contribution is 2.22. The van der Waals surface area contributed by atoms with Crippen molar-refractivity contribution in [1.82, 2.24) is 5.32 Å². The van der Waals surface area contributed by atoms with Crippen LogP contribution < -0.4 is 5.32 Å². The van der Waals surface area contributed by atoms with Gasteiger partial charge in [0, 0.05) is 11.3 Å². The molecule has 1 aliphatic heterocycles. The van der Waals surface area contributed by atoms with Crippen LogP contribution in [0.4, 0.5) is 0 Å². The zero-order valence-electron chi connectivity index (χ0n) is 9.95. The fraction of sp³-hybridized carbons (Fsp3) is 0.909. The maximum atomic E-state index is 4.52. The van der Waals surface area contributed by atoms with Crippen molar-refractivity contribution in [1.29, 1.82) is 0 Å². The van der Waals surface area contributed by atoms with Crippen LogP contribution in [-0.2, 0) is 0 Å². The van der Waals surface area contributed by atoms with Crippen molar-refractivity contribution in [2.75, 3.05) is 18.1 Å². The minimum atomic E-state index is 0.561. The molecule has 0 aromatic carbocycles. The van der Waals surface area contributed by atoms with E-state index in [1.54, 1.807) is 0 Å². The lowest BCUT2D eigenvalue weighted by Crippen LogP contribution is -2.30. The number of rotatable bonds is 6. The Hall–Kier alpha value is 0.170. The molecule has 0 aromatic heterocycles. The van der Waals surface area contributed by atoms with Crippen LogP contribution in [0.5, 0.6) is 0 Å². The van der Waals surface area contributed by atoms with E-state index in [9.17, 15) is 0 Å². The highest BCUT2D eigenvalue weighted by molar-refractivity contribution is 8.14. The zero-order chi connectivity index (χ0) is 11.1. The van der Waals surface area contributed by atoms with Crippen LogP contribution in [0.1, 0.15) is 33.6 Å². The topological polar surface area (TPSA) is 24.4 Å². The van der Waals surface area contributed by atoms with Gasteiger partial charge in [-0.05, 0) is 31.3 Å². The molecule has 2 nitrogen and oxygen atoms in total. The van der Waals surface area contributed by atoms with Gasteiger partial charge in [0.25, 0.3) is 0 Å². The monoisotopic (exact) mass is 246 g/mol. The Morgan fingerprint density at radius 3 is 3.00 bits per heavy atom. The van der Waals surface area contributed by atoms with Crippen LogP contribution in [0.25, 0.3) is 0 Å². The SMILES string of the molecule is CCSCCC(C)NC1=NCC(CC)S1. The first-order valence-electron chi connectivity index (χ1n) is 5.81. The number of nitrogens with zero attached hydrogens (tertiary/aromatic N) is 1. The molecule has 1 N–H and O–H groups in total. The summed E-state index contributed by atoms with van der Waals surface area (Å²) >= 11 is 3.92. The van der Waals surface area contributed by atoms with E-state index in [1.807, 2.05) is 23.5 Å². The summed E-state index contributed by atoms with van der Waals surface area (Å²) in [4.78, 5) is 4.52. The van der Waals surface area contributed by atoms with Crippen LogP contribution >= 0.6 is 23.5 Å². The van der Waals surface area contributed by atoms with Gasteiger partial charge < -0.3 is 5.32 Å². The molecule has 2 atom stereocenters. The lowest BCUT2D eigenvalue weighted by Gasteiger charge is -2.14. The molecule has 1 rings (SSSR count). The molecule has 1 heterocycles. The predicted molar refractivity (Wildman–Crippen MR) is 74.2 cm³/mol. The second kappa shape index (κ2) is 7.44. The van der Waals surface area contributed by atoms with Gasteiger partial charge >= 0.3 is 0 Å². The third kappa shape index (κ3) is 5.16. The molecule has 0 aliphatic carbocycles. The molecule has 0 spiro atoms. The van der Waals surface area contributed by atoms with Crippen LogP contribution in [0.15, 0.2) is 4.99 Å². The van der Waals surface area contributed by atoms with Crippen LogP contribution in [0.3, 0.4) is 0 Å². The van der Waals surface area contributed by atoms with Crippen molar-refractivity contribution in [3.63, 3.8) is 0 Å². The Morgan fingerprint density at radius 1 is 1.60 bits per heavy atom. The Labute approximate surface area is 102 Å². The van der Waals surface area contributed by atoms with Gasteiger partial charge in [0.05, 0.1) is 6.54 Å². The molecular weight excluding hydrogens is 224 g/mol. The molecule has 0 bridgehead atoms. The second-order valence-corrected chi connectivity index (χ2v) is 6.51. The first-order valence-corrected chi connectivity index (χ1v) is 7.85. The number of nitrogens with one attached hydrogen (secondary N) is 1. The van der Waals surface area contributed by atoms with Gasteiger partial charge in [-0.3, -0.25) is 4.99 Å². The number of thioether (sulfide) groups is 2. The average molecular weight is 246 g/mol. The zero-order valence-corrected chi connectivity index (χ0v) is 11.6. The molecular formula is C11H22N2S2. The lowest BCUT2D eigenvalue weighted by atomic mass is 10.3. The molecule has 0 saturated carbocycles. The smallest absolute Gasteiger partial charge is 0.157 e. The number of hydrogen-bond donors (Lipinski definition) is 1. The minimum Gasteiger partial charge on any atom is -0.362 e. The van der Waals surface area contributed by atoms with Gasteiger partial charge in [-0.1, -0.05) is 25.6 Å². The quantitative estimate of drug-likeness (QED) is 0.729. The summed E-state index contributed by atoms with van der Waals surface area (Å²) < 4.78 is 0. The van der Waals surface area contributed by atoms with E-state index in [-0.39, 0.29) is 0 Å². The Kier molecular flexibility index (Phi) is 6.57. The molecule has 2 unspecified atom stereocenters. The summed E-state index contributed by atoms with van der Waals surface area (Å²) in [5.41, 5.74) is 0. The molecule has 0 fully saturated rings. The third-order valence-electron chi connectivity index (χ3n) is 2.44. The summed E-state index contributed by atoms with van der Waals surface area (Å²) in [6, 6.07) is 0.561. The minimum absolute atomic E-state index is 0.561. The van der Waals surface area contributed by atoms with E-state index < -0.39 is 0 Å². The highest BCUT2D eigenvalue weighted by atomic mass is 32.2. The first-order chi connectivity index (χ1) is 7.26. The van der Waals surface area contributed by atoms with Crippen LogP contribution in [0, 0.1) is 0 Å². The van der Waals surface area contributed by atoms with E-state index in [4.69, 9.17) is 0 Å². The summed E-state index contributed by atoms with van der Waals surface area (Å²) in [5, 5.41) is 5.38. The molecule has 4 heteroatoms. The summed E-state index contributed by atoms with van der Waals surface area (Å²) in [5.74, 6) is 2.47. The Bertz CT molecular complexity index is 207. The van der Waals surface area contributed by atoms with Crippen molar-refractivity contribution >= 4 is 28.7 Å². The standard InChI is InChI=1S/C11H22N2S2/c1-4-10-8-12-11(15-10)13-9(3)6-7-14-5-2/h9-10H,4-8H2,1-3H3,(H,12,13). The van der Waals surface area contributed by atoms with Gasteiger partial charge in [0.2, 0.25) is 0 Å². The van der Waals surface area contributed by atoms with E-state index in [1.165, 1.54) is 24.3 Å². The Morgan fingerprint density at radius 2 is 2.40 bits per heavy atom. The summed E-state index contributed by atoms with van der Waals surface area (Å²) in [6.45, 7) is 7.70. The van der Waals surface area contributed by atoms with Gasteiger partial charge in [0.1, 0.15) is 0 Å². The summed E-state index contributed by atoms with van der Waals surface area (Å²) in [7, 11) is 0. The predicted octanol–water partition coefficient (Wildman–Crippen LogP) is 2.99. The van der Waals surface area contributed by atoms with Crippen LogP contribution in [0.2, 0.25) is 0 Å². The molecule has 15 heavy (non-hydrogen) atoms. The second-order valence-electron chi connectivity index (χ2n) is 3.82. The molecule has 88 valence electrons. The average Bonchev–Trinajstić information content (AvgIpc) is 2.66. The van der Waals surface area contributed by atoms with E-state index >= 15 is 0 Å². The van der Waals surface area contributed by atoms with E-state index in [0.29, 0.717) is 11.3 Å². The van der Waals surface area contributed by atoms with Crippen molar-refractivity contribution in [2.45, 2.75) is 44.9 Å². The molecule has 0 amide bonds. The first kappa shape index (κ1) is 13.2. The molecule has 0 aromatic rings. The number of aliphatic imine (C=N–C) groups is 1. The van der Waals surface area contributed by atoms with Crippen molar-refractivity contribution in [3.8, 4) is 0 Å². The van der Waals surface area contributed by atoms with E-state index in [2.05, 4.69) is 31.1 Å². The van der Waals surface area contributed by atoms with Crippen LogP contribution in [-0.4, -0.2) is 34.5 Å². The number of amidine groups is 1. The lowest BCUT2D eigenvalue weighted by molar-refractivity contribution is 0.651. The van der Waals surface area contributed by atoms with Gasteiger partial charge in [-0.15, -0.1) is 0 Å².